The van der Waals surface area contributed by atoms with E-state index >= 15 is 0 Å². The second-order valence-electron chi connectivity index (χ2n) is 3.52. The zero-order chi connectivity index (χ0) is 10.2. The molecule has 0 atom stereocenters. The second kappa shape index (κ2) is 14.5. The Bertz CT molecular complexity index is 286. The first-order valence-electron chi connectivity index (χ1n) is 5.33. The molecule has 3 heteroatoms. The molecule has 0 unspecified atom stereocenters. The van der Waals surface area contributed by atoms with Gasteiger partial charge in [0.1, 0.15) is 0 Å². The molecule has 0 N–H and O–H groups in total. The number of hydrogen-bond donors (Lipinski definition) is 0. The van der Waals surface area contributed by atoms with Gasteiger partial charge < -0.3 is 0 Å². The largest absolute Gasteiger partial charge is 2.00 e. The number of rotatable bonds is 2. The van der Waals surface area contributed by atoms with Gasteiger partial charge in [-0.05, 0) is 0 Å². The summed E-state index contributed by atoms with van der Waals surface area (Å²) in [6, 6.07) is 0. The molecule has 2 aliphatic rings. The van der Waals surface area contributed by atoms with Gasteiger partial charge in [0.2, 0.25) is 0 Å². The van der Waals surface area contributed by atoms with Crippen LogP contribution in [0.25, 0.3) is 0 Å². The zero-order valence-electron chi connectivity index (χ0n) is 10.5. The predicted molar refractivity (Wildman–Crippen MR) is 76.1 cm³/mol. The van der Waals surface area contributed by atoms with Crippen molar-refractivity contribution in [3.05, 3.63) is 47.6 Å². The first-order valence-corrected chi connectivity index (χ1v) is 5.33. The summed E-state index contributed by atoms with van der Waals surface area (Å²) < 4.78 is 0. The Morgan fingerprint density at radius 2 is 1.65 bits per heavy atom. The first kappa shape index (κ1) is 22.6. The third-order valence-corrected chi connectivity index (χ3v) is 2.15. The van der Waals surface area contributed by atoms with Gasteiger partial charge in [-0.2, -0.15) is 12.2 Å². The van der Waals surface area contributed by atoms with E-state index in [2.05, 4.69) is 50.3 Å². The molecule has 0 bridgehead atoms. The molecule has 2 aliphatic carbocycles. The van der Waals surface area contributed by atoms with Gasteiger partial charge in [0.05, 0.1) is 0 Å². The van der Waals surface area contributed by atoms with Crippen LogP contribution in [-0.2, 0) is 26.2 Å². The fraction of sp³-hybridized carbons (Fsp3) is 0.429. The van der Waals surface area contributed by atoms with Crippen molar-refractivity contribution in [2.75, 3.05) is 0 Å². The maximum atomic E-state index is 3.26. The Balaban J connectivity index is -0.000000201. The summed E-state index contributed by atoms with van der Waals surface area (Å²) >= 11 is 0. The minimum absolute atomic E-state index is 0. The Hall–Kier alpha value is 0.423. The summed E-state index contributed by atoms with van der Waals surface area (Å²) in [6.45, 7) is 4.25. The van der Waals surface area contributed by atoms with Gasteiger partial charge in [0, 0.05) is 0 Å². The van der Waals surface area contributed by atoms with Crippen LogP contribution in [0.5, 0.6) is 0 Å². The van der Waals surface area contributed by atoms with Crippen LogP contribution in [0.15, 0.2) is 35.5 Å². The topological polar surface area (TPSA) is 0 Å². The summed E-state index contributed by atoms with van der Waals surface area (Å²) in [5, 5.41) is 0. The smallest absolute Gasteiger partial charge is 0.270 e. The molecule has 0 heterocycles. The average molecular weight is 350 g/mol. The third kappa shape index (κ3) is 11.3. The summed E-state index contributed by atoms with van der Waals surface area (Å²) in [5.74, 6) is 0. The SMILES string of the molecule is CC1=[C-]CC=C1.CCCC1=[C-]CC=C1.Cl.Cl.[Zr+2]. The van der Waals surface area contributed by atoms with Crippen LogP contribution >= 0.6 is 24.8 Å². The van der Waals surface area contributed by atoms with E-state index in [1.54, 1.807) is 0 Å². The van der Waals surface area contributed by atoms with Gasteiger partial charge in [0.15, 0.2) is 0 Å². The van der Waals surface area contributed by atoms with Crippen molar-refractivity contribution in [3.63, 3.8) is 0 Å². The van der Waals surface area contributed by atoms with Crippen molar-refractivity contribution in [1.29, 1.82) is 0 Å². The van der Waals surface area contributed by atoms with Gasteiger partial charge in [-0.1, -0.05) is 26.7 Å². The van der Waals surface area contributed by atoms with Crippen molar-refractivity contribution in [2.24, 2.45) is 0 Å². The number of allylic oxidation sites excluding steroid dienone is 8. The molecule has 0 fully saturated rings. The van der Waals surface area contributed by atoms with E-state index in [4.69, 9.17) is 0 Å². The van der Waals surface area contributed by atoms with Crippen LogP contribution in [0.2, 0.25) is 0 Å². The molecule has 17 heavy (non-hydrogen) atoms. The molecule has 0 saturated heterocycles. The molecule has 2 rings (SSSR count). The molecule has 0 radical (unpaired) electrons. The summed E-state index contributed by atoms with van der Waals surface area (Å²) in [7, 11) is 0. The Kier molecular flexibility index (Phi) is 19.2. The fourth-order valence-corrected chi connectivity index (χ4v) is 1.41. The maximum absolute atomic E-state index is 3.26. The van der Waals surface area contributed by atoms with Crippen LogP contribution < -0.4 is 0 Å². The van der Waals surface area contributed by atoms with E-state index in [1.807, 2.05) is 0 Å². The monoisotopic (exact) mass is 348 g/mol. The third-order valence-electron chi connectivity index (χ3n) is 2.15. The predicted octanol–water partition coefficient (Wildman–Crippen LogP) is 5.01. The van der Waals surface area contributed by atoms with Crippen LogP contribution in [0.1, 0.15) is 39.5 Å². The molecule has 0 aromatic carbocycles. The van der Waals surface area contributed by atoms with Gasteiger partial charge in [-0.15, -0.1) is 37.7 Å². The van der Waals surface area contributed by atoms with E-state index in [0.717, 1.165) is 12.8 Å². The van der Waals surface area contributed by atoms with Crippen LogP contribution in [-0.4, -0.2) is 0 Å². The molecule has 0 nitrogen and oxygen atoms in total. The van der Waals surface area contributed by atoms with E-state index in [0.29, 0.717) is 0 Å². The molecule has 0 saturated carbocycles. The molecule has 0 spiro atoms. The van der Waals surface area contributed by atoms with E-state index in [1.165, 1.54) is 24.0 Å². The minimum atomic E-state index is 0. The fourth-order valence-electron chi connectivity index (χ4n) is 1.41. The van der Waals surface area contributed by atoms with Gasteiger partial charge >= 0.3 is 26.2 Å². The van der Waals surface area contributed by atoms with Crippen molar-refractivity contribution in [3.8, 4) is 0 Å². The van der Waals surface area contributed by atoms with Crippen molar-refractivity contribution >= 4 is 24.8 Å². The molecule has 94 valence electrons. The standard InChI is InChI=1S/C8H11.C6H7.2ClH.Zr/c1-2-5-8-6-3-4-7-8;1-6-4-2-3-5-6;;;/h3,6H,2,4-5H2,1H3;2,4H,3H2,1H3;2*1H;/q2*-1;;;+2. The van der Waals surface area contributed by atoms with Crippen molar-refractivity contribution < 1.29 is 26.2 Å². The zero-order valence-corrected chi connectivity index (χ0v) is 14.5. The second-order valence-corrected chi connectivity index (χ2v) is 3.52. The van der Waals surface area contributed by atoms with Crippen molar-refractivity contribution in [1.82, 2.24) is 0 Å². The van der Waals surface area contributed by atoms with E-state index in [9.17, 15) is 0 Å². The number of halogens is 2. The molecular formula is C14H20Cl2Zr. The minimum Gasteiger partial charge on any atom is -0.270 e. The van der Waals surface area contributed by atoms with Crippen molar-refractivity contribution in [2.45, 2.75) is 39.5 Å². The molecular weight excluding hydrogens is 330 g/mol. The number of hydrogen-bond acceptors (Lipinski definition) is 0. The molecule has 0 aliphatic heterocycles. The normalized spacial score (nSPS) is 14.5. The first-order chi connectivity index (χ1) is 6.83. The Labute approximate surface area is 137 Å². The summed E-state index contributed by atoms with van der Waals surface area (Å²) in [6.07, 6.45) is 19.4. The van der Waals surface area contributed by atoms with Gasteiger partial charge in [0.25, 0.3) is 0 Å². The van der Waals surface area contributed by atoms with E-state index in [-0.39, 0.29) is 51.0 Å². The molecule has 0 amide bonds. The molecule has 0 aromatic rings. The summed E-state index contributed by atoms with van der Waals surface area (Å²) in [5.41, 5.74) is 2.67. The quantitative estimate of drug-likeness (QED) is 0.614. The van der Waals surface area contributed by atoms with E-state index < -0.39 is 0 Å². The van der Waals surface area contributed by atoms with Crippen LogP contribution in [0, 0.1) is 12.2 Å². The maximum Gasteiger partial charge on any atom is 2.00 e. The summed E-state index contributed by atoms with van der Waals surface area (Å²) in [4.78, 5) is 0. The van der Waals surface area contributed by atoms with Crippen LogP contribution in [0.3, 0.4) is 0 Å². The Morgan fingerprint density at radius 3 is 1.94 bits per heavy atom. The van der Waals surface area contributed by atoms with Gasteiger partial charge in [-0.3, -0.25) is 12.2 Å². The van der Waals surface area contributed by atoms with Gasteiger partial charge in [-0.25, -0.2) is 23.3 Å². The Morgan fingerprint density at radius 1 is 1.06 bits per heavy atom. The molecule has 0 aromatic heterocycles. The average Bonchev–Trinajstić information content (AvgIpc) is 2.79. The van der Waals surface area contributed by atoms with Crippen LogP contribution in [0.4, 0.5) is 0 Å².